The molecule has 6 fully saturated rings. The van der Waals surface area contributed by atoms with Gasteiger partial charge < -0.3 is 29.7 Å². The number of carbonyl (C=O) groups is 2. The van der Waals surface area contributed by atoms with Crippen LogP contribution in [0.3, 0.4) is 0 Å². The van der Waals surface area contributed by atoms with Crippen molar-refractivity contribution in [1.29, 1.82) is 0 Å². The second-order valence-electron chi connectivity index (χ2n) is 14.0. The number of nitrogens with two attached hydrogens (primary N) is 2. The van der Waals surface area contributed by atoms with E-state index < -0.39 is 21.4 Å². The van der Waals surface area contributed by atoms with Crippen molar-refractivity contribution < 1.29 is 37.5 Å². The maximum absolute atomic E-state index is 14.2. The minimum absolute atomic E-state index is 0.00452. The largest absolute Gasteiger partial charge is 0.379 e. The first-order valence-electron chi connectivity index (χ1n) is 16.3. The number of nitrogens with one attached hydrogen (secondary N) is 1. The molecule has 42 heavy (non-hydrogen) atoms. The number of quaternary nitrogens is 1. The molecule has 2 amide bonds. The Labute approximate surface area is 250 Å². The van der Waals surface area contributed by atoms with E-state index in [-0.39, 0.29) is 54.0 Å². The maximum Gasteiger partial charge on any atom is 0.248 e. The summed E-state index contributed by atoms with van der Waals surface area (Å²) in [5, 5.41) is 10.4. The summed E-state index contributed by atoms with van der Waals surface area (Å²) in [6.07, 6.45) is 7.52. The average Bonchev–Trinajstić information content (AvgIpc) is 3.32. The van der Waals surface area contributed by atoms with Crippen molar-refractivity contribution in [3.05, 3.63) is 0 Å². The van der Waals surface area contributed by atoms with Crippen LogP contribution in [0.1, 0.15) is 71.1 Å². The van der Waals surface area contributed by atoms with Crippen LogP contribution < -0.4 is 15.8 Å². The van der Waals surface area contributed by atoms with Crippen molar-refractivity contribution in [2.24, 2.45) is 34.7 Å². The summed E-state index contributed by atoms with van der Waals surface area (Å²) in [7, 11) is -0.0385. The van der Waals surface area contributed by atoms with E-state index in [0.717, 1.165) is 57.9 Å². The predicted octanol–water partition coefficient (Wildman–Crippen LogP) is 0.125. The van der Waals surface area contributed by atoms with Crippen molar-refractivity contribution in [3.63, 3.8) is 0 Å². The van der Waals surface area contributed by atoms with Gasteiger partial charge in [0.05, 0.1) is 42.1 Å². The van der Waals surface area contributed by atoms with Gasteiger partial charge in [0.2, 0.25) is 21.8 Å². The van der Waals surface area contributed by atoms with Crippen LogP contribution in [-0.4, -0.2) is 100 Å². The summed E-state index contributed by atoms with van der Waals surface area (Å²) >= 11 is 0. The lowest BCUT2D eigenvalue weighted by atomic mass is 9.64. The number of hydrogen-bond acceptors (Lipinski definition) is 7. The number of fused-ring (bicyclic) bond motifs is 5. The first-order chi connectivity index (χ1) is 20.1. The van der Waals surface area contributed by atoms with Gasteiger partial charge in [-0.2, -0.15) is 0 Å². The fourth-order valence-corrected chi connectivity index (χ4v) is 11.0. The standard InChI is InChI=1S/C30H50N4O7S/c1-16(29(35)33-15-17-4-7-19(8-5-17)42(31,37)38)41-18-6-10-23-22(14-18)20-12-13-32-26-21-9-11-24(39-2)28(40-3)25(21)30(36)34(23)27(20)26/h16-28,32H,4-15H2,1-3H3,(H,33,35)(H2,31,37,38)/p+1/t16-,17?,18?,19?,20?,21?,22?,23?,24?,25?,26?,27?,28?/m1/s1. The number of sulfonamides is 1. The molecule has 6 rings (SSSR count). The minimum Gasteiger partial charge on any atom is -0.379 e. The second-order valence-corrected chi connectivity index (χ2v) is 15.8. The van der Waals surface area contributed by atoms with Crippen LogP contribution in [0.2, 0.25) is 0 Å². The van der Waals surface area contributed by atoms with Crippen LogP contribution in [0.4, 0.5) is 0 Å². The first-order valence-corrected chi connectivity index (χ1v) is 17.9. The molecule has 12 heteroatoms. The molecule has 3 aliphatic carbocycles. The van der Waals surface area contributed by atoms with Gasteiger partial charge in [-0.1, -0.05) is 0 Å². The summed E-state index contributed by atoms with van der Waals surface area (Å²) in [5.41, 5.74) is 0. The van der Waals surface area contributed by atoms with E-state index in [2.05, 4.69) is 15.5 Å². The van der Waals surface area contributed by atoms with E-state index in [1.807, 2.05) is 6.92 Å². The fraction of sp³-hybridized carbons (Fsp3) is 0.933. The Hall–Kier alpha value is -1.31. The molecule has 238 valence electrons. The zero-order valence-electron chi connectivity index (χ0n) is 25.4. The Balaban J connectivity index is 1.06. The van der Waals surface area contributed by atoms with E-state index in [1.165, 1.54) is 0 Å². The van der Waals surface area contributed by atoms with Gasteiger partial charge in [0.1, 0.15) is 12.1 Å². The van der Waals surface area contributed by atoms with Crippen molar-refractivity contribution in [2.75, 3.05) is 27.3 Å². The SMILES string of the molecule is COC1CCC2C3[NH2+]CCC4C5CC(O[C@H](C)C(=O)NCC6CCC(S(N)(=O)=O)CC6)CCC5N(C(=O)C2C1OC)C43. The fourth-order valence-electron chi connectivity index (χ4n) is 10.0. The van der Waals surface area contributed by atoms with E-state index in [0.29, 0.717) is 43.2 Å². The number of methoxy groups -OCH3 is 2. The van der Waals surface area contributed by atoms with Crippen molar-refractivity contribution in [2.45, 2.75) is 119 Å². The Morgan fingerprint density at radius 2 is 1.79 bits per heavy atom. The average molecular weight is 612 g/mol. The number of rotatable bonds is 8. The maximum atomic E-state index is 14.2. The molecule has 5 N–H and O–H groups in total. The number of primary sulfonamides is 1. The summed E-state index contributed by atoms with van der Waals surface area (Å²) in [6, 6.07) is 0.929. The van der Waals surface area contributed by atoms with E-state index in [4.69, 9.17) is 19.3 Å². The quantitative estimate of drug-likeness (QED) is 0.353. The normalized spacial score (nSPS) is 44.1. The number of ether oxygens (including phenoxy) is 3. The lowest BCUT2D eigenvalue weighted by Crippen LogP contribution is -2.99. The van der Waals surface area contributed by atoms with Gasteiger partial charge in [-0.05, 0) is 82.5 Å². The lowest BCUT2D eigenvalue weighted by molar-refractivity contribution is -0.713. The van der Waals surface area contributed by atoms with Crippen LogP contribution in [0.25, 0.3) is 0 Å². The lowest BCUT2D eigenvalue weighted by Gasteiger charge is -2.53. The minimum atomic E-state index is -3.49. The highest BCUT2D eigenvalue weighted by Crippen LogP contribution is 2.53. The molecule has 0 aromatic carbocycles. The third-order valence-corrected chi connectivity index (χ3v) is 13.4. The summed E-state index contributed by atoms with van der Waals surface area (Å²) in [6.45, 7) is 3.45. The smallest absolute Gasteiger partial charge is 0.248 e. The highest BCUT2D eigenvalue weighted by Gasteiger charge is 2.66. The van der Waals surface area contributed by atoms with E-state index in [9.17, 15) is 18.0 Å². The van der Waals surface area contributed by atoms with Crippen LogP contribution in [0.15, 0.2) is 0 Å². The molecule has 0 aromatic heterocycles. The van der Waals surface area contributed by atoms with Gasteiger partial charge in [-0.15, -0.1) is 0 Å². The van der Waals surface area contributed by atoms with Crippen molar-refractivity contribution in [1.82, 2.24) is 10.2 Å². The number of carbonyl (C=O) groups excluding carboxylic acids is 2. The van der Waals surface area contributed by atoms with Crippen LogP contribution in [0, 0.1) is 29.6 Å². The number of hydrogen-bond donors (Lipinski definition) is 3. The van der Waals surface area contributed by atoms with Gasteiger partial charge in [0.15, 0.2) is 0 Å². The second kappa shape index (κ2) is 12.2. The molecule has 3 aliphatic heterocycles. The van der Waals surface area contributed by atoms with Crippen molar-refractivity contribution >= 4 is 21.8 Å². The van der Waals surface area contributed by atoms with E-state index in [1.54, 1.807) is 14.2 Å². The Bertz CT molecular complexity index is 1110. The Kier molecular flexibility index (Phi) is 8.94. The first kappa shape index (κ1) is 30.7. The zero-order valence-corrected chi connectivity index (χ0v) is 26.2. The molecule has 3 saturated heterocycles. The Morgan fingerprint density at radius 1 is 1.02 bits per heavy atom. The van der Waals surface area contributed by atoms with Gasteiger partial charge in [0, 0.05) is 39.1 Å². The molecule has 0 bridgehead atoms. The molecular formula is C30H51N4O7S+. The molecule has 0 aromatic rings. The van der Waals surface area contributed by atoms with Crippen LogP contribution in [0.5, 0.6) is 0 Å². The van der Waals surface area contributed by atoms with Gasteiger partial charge >= 0.3 is 0 Å². The number of piperidine rings is 2. The number of nitrogens with zero attached hydrogens (tertiary/aromatic N) is 1. The molecular weight excluding hydrogens is 560 g/mol. The highest BCUT2D eigenvalue weighted by molar-refractivity contribution is 7.89. The van der Waals surface area contributed by atoms with Gasteiger partial charge in [-0.25, -0.2) is 13.6 Å². The highest BCUT2D eigenvalue weighted by atomic mass is 32.2. The molecule has 0 spiro atoms. The zero-order chi connectivity index (χ0) is 29.8. The van der Waals surface area contributed by atoms with Crippen LogP contribution in [-0.2, 0) is 33.8 Å². The van der Waals surface area contributed by atoms with Gasteiger partial charge in [-0.3, -0.25) is 9.59 Å². The molecule has 11 atom stereocenters. The number of amides is 2. The van der Waals surface area contributed by atoms with Crippen LogP contribution >= 0.6 is 0 Å². The van der Waals surface area contributed by atoms with E-state index >= 15 is 0 Å². The third kappa shape index (κ3) is 5.53. The monoisotopic (exact) mass is 611 g/mol. The molecule has 10 unspecified atom stereocenters. The summed E-state index contributed by atoms with van der Waals surface area (Å²) < 4.78 is 41.3. The Morgan fingerprint density at radius 3 is 2.48 bits per heavy atom. The molecule has 3 heterocycles. The van der Waals surface area contributed by atoms with Gasteiger partial charge in [0.25, 0.3) is 0 Å². The molecule has 6 aliphatic rings. The predicted molar refractivity (Wildman–Crippen MR) is 154 cm³/mol. The third-order valence-electron chi connectivity index (χ3n) is 12.0. The molecule has 3 saturated carbocycles. The molecule has 11 nitrogen and oxygen atoms in total. The summed E-state index contributed by atoms with van der Waals surface area (Å²) in [5.74, 6) is 1.49. The van der Waals surface area contributed by atoms with Crippen molar-refractivity contribution in [3.8, 4) is 0 Å². The topological polar surface area (TPSA) is 154 Å². The summed E-state index contributed by atoms with van der Waals surface area (Å²) in [4.78, 5) is 29.5. The molecule has 0 radical (unpaired) electrons.